The van der Waals surface area contributed by atoms with Gasteiger partial charge in [0.05, 0.1) is 6.61 Å². The van der Waals surface area contributed by atoms with Gasteiger partial charge in [0, 0.05) is 31.9 Å². The van der Waals surface area contributed by atoms with Crippen molar-refractivity contribution >= 4 is 11.7 Å². The summed E-state index contributed by atoms with van der Waals surface area (Å²) >= 11 is 0. The molecule has 0 aliphatic carbocycles. The number of nitrogens with zero attached hydrogens (tertiary/aromatic N) is 1. The zero-order valence-electron chi connectivity index (χ0n) is 12.9. The van der Waals surface area contributed by atoms with Crippen LogP contribution in [-0.4, -0.2) is 43.7 Å². The van der Waals surface area contributed by atoms with Gasteiger partial charge in [-0.2, -0.15) is 0 Å². The maximum absolute atomic E-state index is 12.0. The Balaban J connectivity index is 1.76. The van der Waals surface area contributed by atoms with Gasteiger partial charge >= 0.3 is 6.03 Å². The normalized spacial score (nSPS) is 16.7. The summed E-state index contributed by atoms with van der Waals surface area (Å²) in [6.07, 6.45) is 2.04. The van der Waals surface area contributed by atoms with E-state index in [0.717, 1.165) is 43.7 Å². The van der Waals surface area contributed by atoms with E-state index in [4.69, 9.17) is 4.74 Å². The van der Waals surface area contributed by atoms with Crippen LogP contribution in [0.15, 0.2) is 24.3 Å². The van der Waals surface area contributed by atoms with E-state index in [0.29, 0.717) is 6.61 Å². The van der Waals surface area contributed by atoms with Crippen molar-refractivity contribution in [2.75, 3.05) is 32.1 Å². The smallest absolute Gasteiger partial charge is 0.319 e. The monoisotopic (exact) mass is 291 g/mol. The highest BCUT2D eigenvalue weighted by Gasteiger charge is 2.19. The van der Waals surface area contributed by atoms with Crippen molar-refractivity contribution in [3.8, 4) is 0 Å². The van der Waals surface area contributed by atoms with Gasteiger partial charge in [-0.05, 0) is 37.1 Å². The number of urea groups is 1. The molecule has 1 aromatic carbocycles. The summed E-state index contributed by atoms with van der Waals surface area (Å²) < 4.78 is 5.06. The van der Waals surface area contributed by atoms with Crippen molar-refractivity contribution < 1.29 is 9.53 Å². The van der Waals surface area contributed by atoms with Gasteiger partial charge in [-0.25, -0.2) is 4.79 Å². The number of piperidine rings is 1. The second kappa shape index (κ2) is 8.00. The fourth-order valence-electron chi connectivity index (χ4n) is 2.60. The molecule has 1 aromatic rings. The molecule has 116 valence electrons. The molecule has 1 fully saturated rings. The molecule has 2 amide bonds. The molecule has 5 nitrogen and oxygen atoms in total. The van der Waals surface area contributed by atoms with Gasteiger partial charge in [0.25, 0.3) is 0 Å². The molecule has 21 heavy (non-hydrogen) atoms. The maximum atomic E-state index is 12.0. The lowest BCUT2D eigenvalue weighted by molar-refractivity contribution is 0.185. The van der Waals surface area contributed by atoms with Gasteiger partial charge in [-0.15, -0.1) is 0 Å². The fourth-order valence-corrected chi connectivity index (χ4v) is 2.60. The Morgan fingerprint density at radius 3 is 2.52 bits per heavy atom. The van der Waals surface area contributed by atoms with Crippen molar-refractivity contribution in [2.45, 2.75) is 32.4 Å². The highest BCUT2D eigenvalue weighted by Crippen LogP contribution is 2.12. The first-order chi connectivity index (χ1) is 10.2. The summed E-state index contributed by atoms with van der Waals surface area (Å²) in [5.74, 6) is 0. The largest absolute Gasteiger partial charge is 0.380 e. The third-order valence-corrected chi connectivity index (χ3v) is 3.89. The topological polar surface area (TPSA) is 53.6 Å². The summed E-state index contributed by atoms with van der Waals surface area (Å²) in [5, 5.41) is 5.93. The number of nitrogens with one attached hydrogen (secondary N) is 2. The summed E-state index contributed by atoms with van der Waals surface area (Å²) in [6.45, 7) is 5.98. The van der Waals surface area contributed by atoms with Gasteiger partial charge in [0.1, 0.15) is 0 Å². The van der Waals surface area contributed by atoms with E-state index in [9.17, 15) is 4.79 Å². The first-order valence-electron chi connectivity index (χ1n) is 7.59. The number of anilines is 1. The number of ether oxygens (including phenoxy) is 1. The SMILES string of the molecule is CCN1CCC(NC(=O)Nc2ccc(COC)cc2)CC1. The van der Waals surface area contributed by atoms with Crippen molar-refractivity contribution in [3.63, 3.8) is 0 Å². The second-order valence-electron chi connectivity index (χ2n) is 5.44. The summed E-state index contributed by atoms with van der Waals surface area (Å²) in [5.41, 5.74) is 1.90. The van der Waals surface area contributed by atoms with Crippen LogP contribution in [0.5, 0.6) is 0 Å². The average molecular weight is 291 g/mol. The van der Waals surface area contributed by atoms with Crippen LogP contribution < -0.4 is 10.6 Å². The molecule has 1 aliphatic rings. The van der Waals surface area contributed by atoms with E-state index < -0.39 is 0 Å². The minimum absolute atomic E-state index is 0.121. The summed E-state index contributed by atoms with van der Waals surface area (Å²) in [7, 11) is 1.67. The molecule has 0 bridgehead atoms. The van der Waals surface area contributed by atoms with E-state index in [1.165, 1.54) is 0 Å². The Morgan fingerprint density at radius 1 is 1.29 bits per heavy atom. The Kier molecular flexibility index (Phi) is 6.02. The molecule has 0 saturated carbocycles. The molecule has 2 rings (SSSR count). The molecule has 0 radical (unpaired) electrons. The van der Waals surface area contributed by atoms with Crippen molar-refractivity contribution in [2.24, 2.45) is 0 Å². The van der Waals surface area contributed by atoms with Gasteiger partial charge < -0.3 is 20.3 Å². The van der Waals surface area contributed by atoms with E-state index in [1.54, 1.807) is 7.11 Å². The second-order valence-corrected chi connectivity index (χ2v) is 5.44. The fraction of sp³-hybridized carbons (Fsp3) is 0.562. The highest BCUT2D eigenvalue weighted by atomic mass is 16.5. The standard InChI is InChI=1S/C16H25N3O2/c1-3-19-10-8-15(9-11-19)18-16(20)17-14-6-4-13(5-7-14)12-21-2/h4-7,15H,3,8-12H2,1-2H3,(H2,17,18,20). The van der Waals surface area contributed by atoms with Gasteiger partial charge in [0.15, 0.2) is 0 Å². The minimum atomic E-state index is -0.121. The van der Waals surface area contributed by atoms with Crippen molar-refractivity contribution in [1.29, 1.82) is 0 Å². The molecular weight excluding hydrogens is 266 g/mol. The number of carbonyl (C=O) groups is 1. The molecule has 0 atom stereocenters. The van der Waals surface area contributed by atoms with Crippen LogP contribution in [0.3, 0.4) is 0 Å². The van der Waals surface area contributed by atoms with Gasteiger partial charge in [0.2, 0.25) is 0 Å². The molecular formula is C16H25N3O2. The number of carbonyl (C=O) groups excluding carboxylic acids is 1. The Morgan fingerprint density at radius 2 is 1.95 bits per heavy atom. The Bertz CT molecular complexity index is 439. The maximum Gasteiger partial charge on any atom is 0.319 e. The molecule has 0 spiro atoms. The van der Waals surface area contributed by atoms with Crippen LogP contribution in [0.1, 0.15) is 25.3 Å². The van der Waals surface area contributed by atoms with E-state index >= 15 is 0 Å². The lowest BCUT2D eigenvalue weighted by Crippen LogP contribution is -2.45. The van der Waals surface area contributed by atoms with Crippen LogP contribution in [0.25, 0.3) is 0 Å². The van der Waals surface area contributed by atoms with Gasteiger partial charge in [-0.1, -0.05) is 19.1 Å². The Hall–Kier alpha value is -1.59. The molecule has 1 aliphatic heterocycles. The number of likely N-dealkylation sites (tertiary alicyclic amines) is 1. The Labute approximate surface area is 126 Å². The lowest BCUT2D eigenvalue weighted by Gasteiger charge is -2.31. The van der Waals surface area contributed by atoms with Crippen LogP contribution >= 0.6 is 0 Å². The van der Waals surface area contributed by atoms with Gasteiger partial charge in [-0.3, -0.25) is 0 Å². The zero-order chi connectivity index (χ0) is 15.1. The third-order valence-electron chi connectivity index (χ3n) is 3.89. The minimum Gasteiger partial charge on any atom is -0.380 e. The molecule has 2 N–H and O–H groups in total. The number of methoxy groups -OCH3 is 1. The third kappa shape index (κ3) is 5.02. The summed E-state index contributed by atoms with van der Waals surface area (Å²) in [6, 6.07) is 7.86. The first kappa shape index (κ1) is 15.8. The molecule has 1 saturated heterocycles. The zero-order valence-corrected chi connectivity index (χ0v) is 12.9. The van der Waals surface area contributed by atoms with E-state index in [2.05, 4.69) is 22.5 Å². The van der Waals surface area contributed by atoms with Crippen LogP contribution in [-0.2, 0) is 11.3 Å². The number of rotatable bonds is 5. The molecule has 0 aromatic heterocycles. The predicted molar refractivity (Wildman–Crippen MR) is 84.4 cm³/mol. The van der Waals surface area contributed by atoms with Crippen molar-refractivity contribution in [1.82, 2.24) is 10.2 Å². The lowest BCUT2D eigenvalue weighted by atomic mass is 10.1. The predicted octanol–water partition coefficient (Wildman–Crippen LogP) is 2.44. The number of hydrogen-bond acceptors (Lipinski definition) is 3. The van der Waals surface area contributed by atoms with Crippen molar-refractivity contribution in [3.05, 3.63) is 29.8 Å². The molecule has 1 heterocycles. The van der Waals surface area contributed by atoms with Crippen LogP contribution in [0.4, 0.5) is 10.5 Å². The first-order valence-corrected chi connectivity index (χ1v) is 7.59. The quantitative estimate of drug-likeness (QED) is 0.876. The van der Waals surface area contributed by atoms with E-state index in [1.807, 2.05) is 24.3 Å². The number of amides is 2. The van der Waals surface area contributed by atoms with E-state index in [-0.39, 0.29) is 12.1 Å². The average Bonchev–Trinajstić information content (AvgIpc) is 2.50. The van der Waals surface area contributed by atoms with Crippen LogP contribution in [0.2, 0.25) is 0 Å². The highest BCUT2D eigenvalue weighted by molar-refractivity contribution is 5.89. The summed E-state index contributed by atoms with van der Waals surface area (Å²) in [4.78, 5) is 14.4. The number of hydrogen-bond donors (Lipinski definition) is 2. The molecule has 0 unspecified atom stereocenters. The number of benzene rings is 1. The van der Waals surface area contributed by atoms with Crippen LogP contribution in [0, 0.1) is 0 Å². The molecule has 5 heteroatoms.